The summed E-state index contributed by atoms with van der Waals surface area (Å²) in [4.78, 5) is 12.1. The van der Waals surface area contributed by atoms with Gasteiger partial charge < -0.3 is 10.1 Å². The Hall–Kier alpha value is -1.58. The van der Waals surface area contributed by atoms with E-state index < -0.39 is 5.54 Å². The van der Waals surface area contributed by atoms with Gasteiger partial charge in [0, 0.05) is 5.69 Å². The van der Waals surface area contributed by atoms with Crippen molar-refractivity contribution in [3.05, 3.63) is 29.6 Å². The van der Waals surface area contributed by atoms with Gasteiger partial charge in [0.25, 0.3) is 0 Å². The zero-order valence-electron chi connectivity index (χ0n) is 11.6. The van der Waals surface area contributed by atoms with Crippen LogP contribution in [0, 0.1) is 18.7 Å². The Morgan fingerprint density at radius 3 is 2.63 bits per heavy atom. The number of nitrogens with one attached hydrogen (secondary N) is 1. The Morgan fingerprint density at radius 2 is 2.16 bits per heavy atom. The molecule has 3 nitrogen and oxygen atoms in total. The molecule has 1 aromatic rings. The first-order valence-electron chi connectivity index (χ1n) is 6.65. The number of methoxy groups -OCH3 is 1. The predicted octanol–water partition coefficient (Wildman–Crippen LogP) is 3.28. The van der Waals surface area contributed by atoms with Gasteiger partial charge in [-0.25, -0.2) is 9.18 Å². The van der Waals surface area contributed by atoms with Crippen molar-refractivity contribution in [2.24, 2.45) is 5.92 Å². The fourth-order valence-electron chi connectivity index (χ4n) is 2.67. The molecule has 0 aliphatic heterocycles. The molecule has 1 unspecified atom stereocenters. The molecule has 1 aromatic carbocycles. The Kier molecular flexibility index (Phi) is 3.78. The number of carbonyl (C=O) groups is 1. The van der Waals surface area contributed by atoms with Crippen LogP contribution >= 0.6 is 0 Å². The number of esters is 1. The third-order valence-corrected chi connectivity index (χ3v) is 3.79. The molecule has 0 heterocycles. The van der Waals surface area contributed by atoms with E-state index >= 15 is 0 Å². The predicted molar refractivity (Wildman–Crippen MR) is 72.5 cm³/mol. The summed E-state index contributed by atoms with van der Waals surface area (Å²) in [5.74, 6) is -0.291. The average Bonchev–Trinajstić information content (AvgIpc) is 3.18. The van der Waals surface area contributed by atoms with Gasteiger partial charge in [0.1, 0.15) is 11.4 Å². The number of aryl methyl sites for hydroxylation is 1. The molecule has 104 valence electrons. The molecule has 1 aliphatic rings. The van der Waals surface area contributed by atoms with Crippen LogP contribution in [0.25, 0.3) is 0 Å². The van der Waals surface area contributed by atoms with Crippen LogP contribution in [0.2, 0.25) is 0 Å². The molecule has 1 atom stereocenters. The lowest BCUT2D eigenvalue weighted by atomic mass is 9.89. The van der Waals surface area contributed by atoms with Gasteiger partial charge in [-0.05, 0) is 55.9 Å². The van der Waals surface area contributed by atoms with Gasteiger partial charge in [0.15, 0.2) is 0 Å². The Balaban J connectivity index is 2.32. The van der Waals surface area contributed by atoms with Crippen molar-refractivity contribution in [3.63, 3.8) is 0 Å². The lowest BCUT2D eigenvalue weighted by molar-refractivity contribution is -0.147. The molecule has 19 heavy (non-hydrogen) atoms. The van der Waals surface area contributed by atoms with Crippen LogP contribution in [-0.2, 0) is 9.53 Å². The van der Waals surface area contributed by atoms with Crippen LogP contribution in [0.3, 0.4) is 0 Å². The monoisotopic (exact) mass is 265 g/mol. The Bertz CT molecular complexity index is 465. The van der Waals surface area contributed by atoms with Gasteiger partial charge in [-0.3, -0.25) is 0 Å². The second-order valence-electron chi connectivity index (χ2n) is 5.23. The molecule has 0 radical (unpaired) electrons. The molecule has 1 saturated carbocycles. The molecule has 1 aliphatic carbocycles. The SMILES string of the molecule is CCC(Nc1cc(C)cc(F)c1)(C(=O)OC)C1CC1. The largest absolute Gasteiger partial charge is 0.467 e. The fourth-order valence-corrected chi connectivity index (χ4v) is 2.67. The van der Waals surface area contributed by atoms with Gasteiger partial charge in [-0.2, -0.15) is 0 Å². The highest BCUT2D eigenvalue weighted by atomic mass is 19.1. The molecule has 0 aromatic heterocycles. The zero-order valence-corrected chi connectivity index (χ0v) is 11.6. The first kappa shape index (κ1) is 13.8. The van der Waals surface area contributed by atoms with Gasteiger partial charge >= 0.3 is 5.97 Å². The van der Waals surface area contributed by atoms with E-state index in [-0.39, 0.29) is 17.7 Å². The van der Waals surface area contributed by atoms with Crippen LogP contribution in [0.15, 0.2) is 18.2 Å². The summed E-state index contributed by atoms with van der Waals surface area (Å²) in [6, 6.07) is 4.73. The maximum atomic E-state index is 13.5. The number of anilines is 1. The summed E-state index contributed by atoms with van der Waals surface area (Å²) in [6.45, 7) is 3.78. The molecule has 0 saturated heterocycles. The summed E-state index contributed by atoms with van der Waals surface area (Å²) >= 11 is 0. The van der Waals surface area contributed by atoms with Crippen molar-refractivity contribution in [1.82, 2.24) is 0 Å². The van der Waals surface area contributed by atoms with Crippen molar-refractivity contribution >= 4 is 11.7 Å². The quantitative estimate of drug-likeness (QED) is 0.830. The normalized spacial score (nSPS) is 17.7. The number of carbonyl (C=O) groups excluding carboxylic acids is 1. The molecule has 1 fully saturated rings. The van der Waals surface area contributed by atoms with Crippen molar-refractivity contribution in [1.29, 1.82) is 0 Å². The van der Waals surface area contributed by atoms with E-state index in [9.17, 15) is 9.18 Å². The number of benzene rings is 1. The number of hydrogen-bond acceptors (Lipinski definition) is 3. The Morgan fingerprint density at radius 1 is 1.47 bits per heavy atom. The first-order chi connectivity index (χ1) is 9.01. The minimum Gasteiger partial charge on any atom is -0.467 e. The summed E-state index contributed by atoms with van der Waals surface area (Å²) in [6.07, 6.45) is 2.63. The van der Waals surface area contributed by atoms with Crippen LogP contribution in [0.4, 0.5) is 10.1 Å². The molecule has 0 amide bonds. The second kappa shape index (κ2) is 5.19. The van der Waals surface area contributed by atoms with Gasteiger partial charge in [0.2, 0.25) is 0 Å². The third kappa shape index (κ3) is 2.72. The molecular formula is C15H20FNO2. The first-order valence-corrected chi connectivity index (χ1v) is 6.65. The van der Waals surface area contributed by atoms with E-state index in [2.05, 4.69) is 5.32 Å². The maximum Gasteiger partial charge on any atom is 0.331 e. The van der Waals surface area contributed by atoms with Gasteiger partial charge in [-0.1, -0.05) is 6.92 Å². The van der Waals surface area contributed by atoms with E-state index in [0.717, 1.165) is 18.4 Å². The Labute approximate surface area is 113 Å². The number of halogens is 1. The molecular weight excluding hydrogens is 245 g/mol. The van der Waals surface area contributed by atoms with Crippen molar-refractivity contribution in [2.75, 3.05) is 12.4 Å². The van der Waals surface area contributed by atoms with Crippen LogP contribution in [-0.4, -0.2) is 18.6 Å². The summed E-state index contributed by atoms with van der Waals surface area (Å²) in [5.41, 5.74) is 0.736. The highest BCUT2D eigenvalue weighted by Gasteiger charge is 2.50. The second-order valence-corrected chi connectivity index (χ2v) is 5.23. The summed E-state index contributed by atoms with van der Waals surface area (Å²) < 4.78 is 18.4. The topological polar surface area (TPSA) is 38.3 Å². The number of rotatable bonds is 5. The van der Waals surface area contributed by atoms with E-state index in [0.29, 0.717) is 12.1 Å². The lowest BCUT2D eigenvalue weighted by Crippen LogP contribution is -2.48. The molecule has 0 spiro atoms. The van der Waals surface area contributed by atoms with E-state index in [1.165, 1.54) is 19.2 Å². The van der Waals surface area contributed by atoms with Crippen LogP contribution < -0.4 is 5.32 Å². The summed E-state index contributed by atoms with van der Waals surface area (Å²) in [7, 11) is 1.40. The van der Waals surface area contributed by atoms with Crippen molar-refractivity contribution < 1.29 is 13.9 Å². The highest BCUT2D eigenvalue weighted by molar-refractivity contribution is 5.85. The van der Waals surface area contributed by atoms with Crippen molar-refractivity contribution in [3.8, 4) is 0 Å². The van der Waals surface area contributed by atoms with Crippen molar-refractivity contribution in [2.45, 2.75) is 38.6 Å². The molecule has 0 bridgehead atoms. The van der Waals surface area contributed by atoms with Crippen LogP contribution in [0.1, 0.15) is 31.7 Å². The molecule has 1 N–H and O–H groups in total. The minimum atomic E-state index is -0.727. The average molecular weight is 265 g/mol. The van der Waals surface area contributed by atoms with E-state index in [4.69, 9.17) is 4.74 Å². The highest BCUT2D eigenvalue weighted by Crippen LogP contribution is 2.44. The van der Waals surface area contributed by atoms with E-state index in [1.807, 2.05) is 19.9 Å². The van der Waals surface area contributed by atoms with Crippen LogP contribution in [0.5, 0.6) is 0 Å². The number of hydrogen-bond donors (Lipinski definition) is 1. The molecule has 4 heteroatoms. The fraction of sp³-hybridized carbons (Fsp3) is 0.533. The summed E-state index contributed by atoms with van der Waals surface area (Å²) in [5, 5.41) is 3.22. The van der Waals surface area contributed by atoms with E-state index in [1.54, 1.807) is 0 Å². The standard InChI is InChI=1S/C15H20FNO2/c1-4-15(11-5-6-11,14(18)19-3)17-13-8-10(2)7-12(16)9-13/h7-9,11,17H,4-6H2,1-3H3. The maximum absolute atomic E-state index is 13.5. The smallest absolute Gasteiger partial charge is 0.331 e. The van der Waals surface area contributed by atoms with Gasteiger partial charge in [-0.15, -0.1) is 0 Å². The molecule has 2 rings (SSSR count). The lowest BCUT2D eigenvalue weighted by Gasteiger charge is -2.32. The minimum absolute atomic E-state index is 0.264. The third-order valence-electron chi connectivity index (χ3n) is 3.79. The zero-order chi connectivity index (χ0) is 14.0. The number of ether oxygens (including phenoxy) is 1. The van der Waals surface area contributed by atoms with Gasteiger partial charge in [0.05, 0.1) is 7.11 Å².